The highest BCUT2D eigenvalue weighted by Gasteiger charge is 2.25. The highest BCUT2D eigenvalue weighted by molar-refractivity contribution is 5.81. The number of likely N-dealkylation sites (tertiary alicyclic amines) is 1. The Morgan fingerprint density at radius 2 is 2.00 bits per heavy atom. The van der Waals surface area contributed by atoms with Crippen LogP contribution < -0.4 is 5.32 Å². The third-order valence-electron chi connectivity index (χ3n) is 4.76. The maximum Gasteiger partial charge on any atom is 0.242 e. The van der Waals surface area contributed by atoms with Crippen molar-refractivity contribution in [1.29, 1.82) is 0 Å². The van der Waals surface area contributed by atoms with Crippen molar-refractivity contribution < 1.29 is 4.79 Å². The number of likely N-dealkylation sites (N-methyl/N-ethyl adjacent to an activating group) is 1. The van der Waals surface area contributed by atoms with E-state index >= 15 is 0 Å². The van der Waals surface area contributed by atoms with E-state index < -0.39 is 0 Å². The molecule has 1 N–H and O–H groups in total. The van der Waals surface area contributed by atoms with Crippen LogP contribution in [0.15, 0.2) is 66.8 Å². The lowest BCUT2D eigenvalue weighted by Crippen LogP contribution is -2.47. The first-order valence-electron chi connectivity index (χ1n) is 9.38. The predicted octanol–water partition coefficient (Wildman–Crippen LogP) is 3.71. The van der Waals surface area contributed by atoms with Crippen molar-refractivity contribution in [2.75, 3.05) is 38.5 Å². The molecule has 1 heterocycles. The summed E-state index contributed by atoms with van der Waals surface area (Å²) in [6.45, 7) is 9.20. The van der Waals surface area contributed by atoms with E-state index in [0.717, 1.165) is 30.9 Å². The van der Waals surface area contributed by atoms with Crippen molar-refractivity contribution in [2.24, 2.45) is 0 Å². The first-order valence-corrected chi connectivity index (χ1v) is 9.38. The number of nitrogens with one attached hydrogen (secondary N) is 1. The smallest absolute Gasteiger partial charge is 0.242 e. The molecule has 1 aromatic carbocycles. The predicted molar refractivity (Wildman–Crippen MR) is 110 cm³/mol. The number of allylic oxidation sites excluding steroid dienone is 3. The van der Waals surface area contributed by atoms with Crippen molar-refractivity contribution >= 4 is 11.6 Å². The fourth-order valence-electron chi connectivity index (χ4n) is 3.30. The van der Waals surface area contributed by atoms with Crippen molar-refractivity contribution in [1.82, 2.24) is 9.80 Å². The van der Waals surface area contributed by atoms with Gasteiger partial charge in [-0.2, -0.15) is 0 Å². The van der Waals surface area contributed by atoms with Crippen molar-refractivity contribution in [2.45, 2.75) is 25.8 Å². The van der Waals surface area contributed by atoms with Crippen LogP contribution in [0.1, 0.15) is 19.8 Å². The van der Waals surface area contributed by atoms with Crippen LogP contribution in [0.4, 0.5) is 5.69 Å². The SMILES string of the molecule is C=C/C=C(\C=C/C)[C@@H](CN1CCCC1)N(C)C(=O)CNc1ccccc1. The molecule has 26 heavy (non-hydrogen) atoms. The average Bonchev–Trinajstić information content (AvgIpc) is 3.17. The van der Waals surface area contributed by atoms with Crippen LogP contribution in [-0.4, -0.2) is 55.0 Å². The van der Waals surface area contributed by atoms with Crippen LogP contribution in [-0.2, 0) is 4.79 Å². The van der Waals surface area contributed by atoms with Crippen molar-refractivity contribution in [3.63, 3.8) is 0 Å². The Morgan fingerprint density at radius 3 is 2.62 bits per heavy atom. The standard InChI is InChI=1S/C22H31N3O/c1-4-11-19(12-5-2)21(18-25-15-9-10-16-25)24(3)22(26)17-23-20-13-7-6-8-14-20/h4-8,11-14,21,23H,1,9-10,15-18H2,2-3H3/b12-5-,19-11+/t21-/m1/s1. The lowest BCUT2D eigenvalue weighted by molar-refractivity contribution is -0.129. The summed E-state index contributed by atoms with van der Waals surface area (Å²) in [7, 11) is 1.90. The molecule has 0 unspecified atom stereocenters. The van der Waals surface area contributed by atoms with Gasteiger partial charge in [0.15, 0.2) is 0 Å². The summed E-state index contributed by atoms with van der Waals surface area (Å²) in [5, 5.41) is 3.21. The Labute approximate surface area is 157 Å². The number of para-hydroxylation sites is 1. The monoisotopic (exact) mass is 353 g/mol. The summed E-state index contributed by atoms with van der Waals surface area (Å²) in [6.07, 6.45) is 10.4. The molecule has 140 valence electrons. The maximum absolute atomic E-state index is 12.8. The number of amides is 1. The number of hydrogen-bond donors (Lipinski definition) is 1. The lowest BCUT2D eigenvalue weighted by atomic mass is 10.0. The first kappa shape index (κ1) is 20.0. The summed E-state index contributed by atoms with van der Waals surface area (Å²) in [6, 6.07) is 9.85. The molecule has 4 heteroatoms. The zero-order valence-electron chi connectivity index (χ0n) is 16.0. The van der Waals surface area contributed by atoms with Gasteiger partial charge in [-0.3, -0.25) is 4.79 Å². The van der Waals surface area contributed by atoms with E-state index in [9.17, 15) is 4.79 Å². The molecule has 0 bridgehead atoms. The van der Waals surface area contributed by atoms with Gasteiger partial charge < -0.3 is 15.1 Å². The quantitative estimate of drug-likeness (QED) is 0.688. The minimum absolute atomic E-state index is 0.0207. The Bertz CT molecular complexity index is 630. The zero-order chi connectivity index (χ0) is 18.8. The summed E-state index contributed by atoms with van der Waals surface area (Å²) in [5.74, 6) is 0.0810. The van der Waals surface area contributed by atoms with Gasteiger partial charge in [-0.1, -0.05) is 49.1 Å². The van der Waals surface area contributed by atoms with Crippen LogP contribution in [0.25, 0.3) is 0 Å². The van der Waals surface area contributed by atoms with Gasteiger partial charge in [0.05, 0.1) is 12.6 Å². The van der Waals surface area contributed by atoms with E-state index in [1.54, 1.807) is 6.08 Å². The van der Waals surface area contributed by atoms with E-state index in [-0.39, 0.29) is 18.5 Å². The molecule has 0 aliphatic carbocycles. The summed E-state index contributed by atoms with van der Waals surface area (Å²) in [4.78, 5) is 17.1. The molecule has 1 amide bonds. The molecular weight excluding hydrogens is 322 g/mol. The lowest BCUT2D eigenvalue weighted by Gasteiger charge is -2.33. The van der Waals surface area contributed by atoms with E-state index in [2.05, 4.69) is 22.9 Å². The Morgan fingerprint density at radius 1 is 1.31 bits per heavy atom. The molecule has 0 aromatic heterocycles. The van der Waals surface area contributed by atoms with E-state index in [0.29, 0.717) is 0 Å². The third-order valence-corrected chi connectivity index (χ3v) is 4.76. The van der Waals surface area contributed by atoms with E-state index in [1.807, 2.05) is 61.4 Å². The van der Waals surface area contributed by atoms with Crippen LogP contribution in [0, 0.1) is 0 Å². The third kappa shape index (κ3) is 5.88. The molecule has 1 aromatic rings. The van der Waals surface area contributed by atoms with Crippen molar-refractivity contribution in [3.8, 4) is 0 Å². The molecule has 0 spiro atoms. The molecule has 1 aliphatic rings. The highest BCUT2D eigenvalue weighted by Crippen LogP contribution is 2.17. The molecule has 1 fully saturated rings. The fraction of sp³-hybridized carbons (Fsp3) is 0.409. The second kappa shape index (κ2) is 10.6. The Kier molecular flexibility index (Phi) is 8.16. The molecule has 4 nitrogen and oxygen atoms in total. The summed E-state index contributed by atoms with van der Waals surface area (Å²) >= 11 is 0. The Hall–Kier alpha value is -2.33. The van der Waals surface area contributed by atoms with Gasteiger partial charge in [0, 0.05) is 19.3 Å². The van der Waals surface area contributed by atoms with Gasteiger partial charge in [-0.15, -0.1) is 0 Å². The summed E-state index contributed by atoms with van der Waals surface area (Å²) < 4.78 is 0. The average molecular weight is 354 g/mol. The number of carbonyl (C=O) groups is 1. The number of hydrogen-bond acceptors (Lipinski definition) is 3. The molecule has 0 saturated carbocycles. The second-order valence-electron chi connectivity index (χ2n) is 6.65. The fourth-order valence-corrected chi connectivity index (χ4v) is 3.30. The van der Waals surface area contributed by atoms with E-state index in [1.165, 1.54) is 12.8 Å². The summed E-state index contributed by atoms with van der Waals surface area (Å²) in [5.41, 5.74) is 2.07. The second-order valence-corrected chi connectivity index (χ2v) is 6.65. The first-order chi connectivity index (χ1) is 12.7. The topological polar surface area (TPSA) is 35.6 Å². The molecule has 1 atom stereocenters. The van der Waals surface area contributed by atoms with Gasteiger partial charge in [0.25, 0.3) is 0 Å². The highest BCUT2D eigenvalue weighted by atomic mass is 16.2. The molecule has 1 aliphatic heterocycles. The van der Waals surface area contributed by atoms with E-state index in [4.69, 9.17) is 0 Å². The van der Waals surface area contributed by atoms with Gasteiger partial charge in [-0.05, 0) is 50.6 Å². The Balaban J connectivity index is 2.09. The van der Waals surface area contributed by atoms with Crippen molar-refractivity contribution in [3.05, 3.63) is 66.8 Å². The van der Waals surface area contributed by atoms with Crippen LogP contribution in [0.2, 0.25) is 0 Å². The molecular formula is C22H31N3O. The minimum atomic E-state index is 0.0207. The van der Waals surface area contributed by atoms with Gasteiger partial charge in [-0.25, -0.2) is 0 Å². The normalized spacial score (nSPS) is 16.6. The minimum Gasteiger partial charge on any atom is -0.376 e. The number of anilines is 1. The maximum atomic E-state index is 12.8. The van der Waals surface area contributed by atoms with Gasteiger partial charge in [0.2, 0.25) is 5.91 Å². The largest absolute Gasteiger partial charge is 0.376 e. The molecule has 1 saturated heterocycles. The van der Waals surface area contributed by atoms with Gasteiger partial charge >= 0.3 is 0 Å². The number of carbonyl (C=O) groups excluding carboxylic acids is 1. The number of benzene rings is 1. The van der Waals surface area contributed by atoms with Crippen LogP contribution in [0.5, 0.6) is 0 Å². The van der Waals surface area contributed by atoms with Crippen LogP contribution in [0.3, 0.4) is 0 Å². The zero-order valence-corrected chi connectivity index (χ0v) is 16.0. The number of nitrogens with zero attached hydrogens (tertiary/aromatic N) is 2. The van der Waals surface area contributed by atoms with Gasteiger partial charge in [0.1, 0.15) is 0 Å². The van der Waals surface area contributed by atoms with Crippen LogP contribution >= 0.6 is 0 Å². The number of rotatable bonds is 9. The molecule has 0 radical (unpaired) electrons. The molecule has 2 rings (SSSR count).